The van der Waals surface area contributed by atoms with Crippen molar-refractivity contribution >= 4 is 35.8 Å². The summed E-state index contributed by atoms with van der Waals surface area (Å²) >= 11 is 0. The van der Waals surface area contributed by atoms with Crippen LogP contribution in [0.3, 0.4) is 0 Å². The molecule has 1 saturated carbocycles. The van der Waals surface area contributed by atoms with Crippen molar-refractivity contribution < 1.29 is 19.4 Å². The first-order chi connectivity index (χ1) is 15.8. The van der Waals surface area contributed by atoms with Crippen LogP contribution in [-0.4, -0.2) is 30.4 Å². The van der Waals surface area contributed by atoms with Gasteiger partial charge in [-0.3, -0.25) is 10.2 Å². The fraction of sp³-hybridized carbons (Fsp3) is 0.400. The van der Waals surface area contributed by atoms with Gasteiger partial charge in [-0.1, -0.05) is 26.3 Å². The minimum Gasteiger partial charge on any atom is -0.548 e. The molecule has 8 nitrogen and oxygen atoms in total. The maximum absolute atomic E-state index is 12.2. The number of nitrogens with two attached hydrogens (primary N) is 1. The van der Waals surface area contributed by atoms with Crippen molar-refractivity contribution in [1.82, 2.24) is 5.32 Å². The molecule has 1 unspecified atom stereocenters. The number of ether oxygens (including phenoxy) is 1. The second-order valence-electron chi connectivity index (χ2n) is 8.29. The molecule has 0 aromatic heterocycles. The van der Waals surface area contributed by atoms with Crippen LogP contribution < -0.4 is 26.2 Å². The Bertz CT molecular complexity index is 1020. The second-order valence-corrected chi connectivity index (χ2v) is 8.29. The van der Waals surface area contributed by atoms with E-state index < -0.39 is 12.0 Å². The third-order valence-electron chi connectivity index (χ3n) is 5.53. The van der Waals surface area contributed by atoms with Crippen molar-refractivity contribution in [3.05, 3.63) is 58.7 Å². The Balaban J connectivity index is 0.00000408. The summed E-state index contributed by atoms with van der Waals surface area (Å²) in [5.41, 5.74) is 8.84. The van der Waals surface area contributed by atoms with Gasteiger partial charge < -0.3 is 31.0 Å². The lowest BCUT2D eigenvalue weighted by Gasteiger charge is -2.26. The number of hydrogen-bond donors (Lipinski definition) is 4. The molecule has 1 aliphatic rings. The number of amidine groups is 1. The van der Waals surface area contributed by atoms with Crippen molar-refractivity contribution in [3.63, 3.8) is 0 Å². The van der Waals surface area contributed by atoms with E-state index in [1.54, 1.807) is 30.3 Å². The van der Waals surface area contributed by atoms with Gasteiger partial charge in [0.2, 0.25) is 0 Å². The van der Waals surface area contributed by atoms with Gasteiger partial charge in [-0.05, 0) is 67.1 Å². The quantitative estimate of drug-likeness (QED) is 0.268. The van der Waals surface area contributed by atoms with Gasteiger partial charge in [0.15, 0.2) is 6.61 Å². The summed E-state index contributed by atoms with van der Waals surface area (Å²) < 4.78 is 5.94. The van der Waals surface area contributed by atoms with Crippen molar-refractivity contribution in [3.8, 4) is 5.75 Å². The van der Waals surface area contributed by atoms with Crippen LogP contribution in [0.25, 0.3) is 0 Å². The molecule has 2 aromatic carbocycles. The number of anilines is 1. The average molecular weight is 488 g/mol. The number of carboxylic acid groups (broad SMARTS) is 1. The number of nitrogen functional groups attached to an aromatic ring is 1. The van der Waals surface area contributed by atoms with Gasteiger partial charge in [0.05, 0.1) is 12.0 Å². The van der Waals surface area contributed by atoms with E-state index in [2.05, 4.69) is 10.6 Å². The molecule has 34 heavy (non-hydrogen) atoms. The zero-order valence-corrected chi connectivity index (χ0v) is 20.3. The predicted molar refractivity (Wildman–Crippen MR) is 133 cm³/mol. The van der Waals surface area contributed by atoms with E-state index in [9.17, 15) is 14.7 Å². The molecule has 0 spiro atoms. The summed E-state index contributed by atoms with van der Waals surface area (Å²) in [5.74, 6) is -1.20. The number of halogens is 1. The molecule has 3 rings (SSSR count). The Morgan fingerprint density at radius 1 is 1.21 bits per heavy atom. The molecule has 0 aliphatic heterocycles. The lowest BCUT2D eigenvalue weighted by Crippen LogP contribution is -2.35. The van der Waals surface area contributed by atoms with Crippen LogP contribution in [0.5, 0.6) is 5.75 Å². The molecule has 1 fully saturated rings. The van der Waals surface area contributed by atoms with Crippen molar-refractivity contribution in [1.29, 1.82) is 5.41 Å². The fourth-order valence-corrected chi connectivity index (χ4v) is 3.64. The monoisotopic (exact) mass is 487 g/mol. The summed E-state index contributed by atoms with van der Waals surface area (Å²) in [7, 11) is 0. The number of benzene rings is 2. The number of hydrogen-bond acceptors (Lipinski definition) is 6. The minimum absolute atomic E-state index is 0. The first-order valence-corrected chi connectivity index (χ1v) is 11.3. The smallest absolute Gasteiger partial charge is 0.258 e. The first-order valence-electron chi connectivity index (χ1n) is 11.3. The summed E-state index contributed by atoms with van der Waals surface area (Å²) in [4.78, 5) is 24.5. The van der Waals surface area contributed by atoms with Crippen LogP contribution in [0.15, 0.2) is 36.4 Å². The van der Waals surface area contributed by atoms with E-state index in [4.69, 9.17) is 15.9 Å². The zero-order chi connectivity index (χ0) is 24.0. The Morgan fingerprint density at radius 3 is 2.41 bits per heavy atom. The van der Waals surface area contributed by atoms with Gasteiger partial charge in [-0.25, -0.2) is 0 Å². The fourth-order valence-electron chi connectivity index (χ4n) is 3.64. The normalized spacial score (nSPS) is 13.4. The number of carbonyl (C=O) groups is 2. The molecular weight excluding hydrogens is 456 g/mol. The number of nitrogens with one attached hydrogen (secondary N) is 3. The van der Waals surface area contributed by atoms with Gasteiger partial charge in [0.25, 0.3) is 5.91 Å². The molecule has 0 heterocycles. The molecule has 1 aliphatic carbocycles. The molecule has 9 heteroatoms. The molecule has 0 bridgehead atoms. The highest BCUT2D eigenvalue weighted by atomic mass is 35.5. The summed E-state index contributed by atoms with van der Waals surface area (Å²) in [6.45, 7) is 3.85. The lowest BCUT2D eigenvalue weighted by atomic mass is 9.95. The highest BCUT2D eigenvalue weighted by Crippen LogP contribution is 2.34. The maximum atomic E-state index is 12.2. The Kier molecular flexibility index (Phi) is 9.74. The molecule has 2 aromatic rings. The standard InChI is InChI=1S/C25H32N4O4.ClH/c1-3-5-17-12-15(4-2)13-20(23(17)33-14-21(30)28-18-10-11-18)22(25(31)32)29-19-8-6-16(7-9-19)24(26)27;/h6-9,12-13,18,22,29H,3-5,10-11,14H2,1-2H3,(H3,26,27)(H,28,30)(H,31,32);1H/p-1. The number of carboxylic acids is 1. The SMILES string of the molecule is CCCc1cc(CC)cc(C(Nc2ccc(C(=N)N)cc2)C(=O)[O-])c1OCC(=O)NC1CC1.Cl. The number of rotatable bonds is 12. The highest BCUT2D eigenvalue weighted by Gasteiger charge is 2.25. The van der Waals surface area contributed by atoms with Crippen LogP contribution in [0.4, 0.5) is 5.69 Å². The first kappa shape index (κ1) is 27.0. The predicted octanol–water partition coefficient (Wildman–Crippen LogP) is 2.47. The van der Waals surface area contributed by atoms with Gasteiger partial charge in [0.1, 0.15) is 11.6 Å². The van der Waals surface area contributed by atoms with Gasteiger partial charge in [-0.2, -0.15) is 0 Å². The lowest BCUT2D eigenvalue weighted by molar-refractivity contribution is -0.307. The van der Waals surface area contributed by atoms with E-state index >= 15 is 0 Å². The number of amides is 1. The van der Waals surface area contributed by atoms with Gasteiger partial charge in [-0.15, -0.1) is 12.4 Å². The van der Waals surface area contributed by atoms with E-state index in [1.165, 1.54) is 0 Å². The molecule has 1 amide bonds. The van der Waals surface area contributed by atoms with Gasteiger partial charge in [0, 0.05) is 22.9 Å². The van der Waals surface area contributed by atoms with Crippen LogP contribution >= 0.6 is 12.4 Å². The van der Waals surface area contributed by atoms with Crippen LogP contribution in [-0.2, 0) is 22.4 Å². The van der Waals surface area contributed by atoms with Crippen LogP contribution in [0.2, 0.25) is 0 Å². The third kappa shape index (κ3) is 7.12. The molecule has 0 saturated heterocycles. The number of aliphatic carboxylic acids is 1. The minimum atomic E-state index is -1.31. The summed E-state index contributed by atoms with van der Waals surface area (Å²) in [6.07, 6.45) is 4.20. The topological polar surface area (TPSA) is 140 Å². The average Bonchev–Trinajstić information content (AvgIpc) is 3.60. The van der Waals surface area contributed by atoms with Crippen LogP contribution in [0, 0.1) is 5.41 Å². The molecule has 0 radical (unpaired) electrons. The van der Waals surface area contributed by atoms with E-state index in [-0.39, 0.29) is 36.8 Å². The molecular formula is C25H32ClN4O4-. The Labute approximate surface area is 206 Å². The van der Waals surface area contributed by atoms with Crippen molar-refractivity contribution in [2.45, 2.75) is 58.0 Å². The largest absolute Gasteiger partial charge is 0.548 e. The van der Waals surface area contributed by atoms with Crippen LogP contribution in [0.1, 0.15) is 61.4 Å². The summed E-state index contributed by atoms with van der Waals surface area (Å²) in [5, 5.41) is 25.6. The summed E-state index contributed by atoms with van der Waals surface area (Å²) in [6, 6.07) is 9.42. The zero-order valence-electron chi connectivity index (χ0n) is 19.5. The number of carbonyl (C=O) groups excluding carboxylic acids is 2. The Morgan fingerprint density at radius 2 is 1.88 bits per heavy atom. The second kappa shape index (κ2) is 12.3. The maximum Gasteiger partial charge on any atom is 0.258 e. The molecule has 5 N–H and O–H groups in total. The highest BCUT2D eigenvalue weighted by molar-refractivity contribution is 5.95. The van der Waals surface area contributed by atoms with Crippen molar-refractivity contribution in [2.75, 3.05) is 11.9 Å². The van der Waals surface area contributed by atoms with E-state index in [1.807, 2.05) is 19.9 Å². The molecule has 184 valence electrons. The van der Waals surface area contributed by atoms with E-state index in [0.717, 1.165) is 36.8 Å². The van der Waals surface area contributed by atoms with Gasteiger partial charge >= 0.3 is 0 Å². The Hall–Kier alpha value is -3.26. The number of aryl methyl sites for hydroxylation is 2. The van der Waals surface area contributed by atoms with Crippen molar-refractivity contribution in [2.24, 2.45) is 5.73 Å². The third-order valence-corrected chi connectivity index (χ3v) is 5.53. The molecule has 1 atom stereocenters. The van der Waals surface area contributed by atoms with E-state index in [0.29, 0.717) is 29.0 Å².